The second-order valence-corrected chi connectivity index (χ2v) is 4.24. The van der Waals surface area contributed by atoms with E-state index in [0.717, 1.165) is 44.6 Å². The second-order valence-electron chi connectivity index (χ2n) is 4.24. The van der Waals surface area contributed by atoms with E-state index in [2.05, 4.69) is 28.9 Å². The Balaban J connectivity index is 2.46. The smallest absolute Gasteiger partial charge is 0.159 e. The predicted octanol–water partition coefficient (Wildman–Crippen LogP) is 2.23. The maximum atomic E-state index is 5.35. The van der Waals surface area contributed by atoms with Crippen LogP contribution in [0.4, 0.5) is 0 Å². The molecule has 98 valence electrons. The molecular weight excluding hydrogens is 214 g/mol. The molecule has 0 aromatic carbocycles. The van der Waals surface area contributed by atoms with Gasteiger partial charge in [-0.2, -0.15) is 5.10 Å². The Morgan fingerprint density at radius 2 is 2.12 bits per heavy atom. The highest BCUT2D eigenvalue weighted by Gasteiger charge is 2.09. The minimum Gasteiger partial charge on any atom is -0.493 e. The molecular formula is C13H25N3O. The van der Waals surface area contributed by atoms with Gasteiger partial charge in [0, 0.05) is 6.54 Å². The van der Waals surface area contributed by atoms with Crippen molar-refractivity contribution in [1.29, 1.82) is 0 Å². The maximum Gasteiger partial charge on any atom is 0.159 e. The van der Waals surface area contributed by atoms with E-state index in [1.807, 2.05) is 6.20 Å². The molecule has 0 atom stereocenters. The van der Waals surface area contributed by atoms with Crippen molar-refractivity contribution in [3.05, 3.63) is 11.9 Å². The quantitative estimate of drug-likeness (QED) is 0.672. The molecule has 0 radical (unpaired) electrons. The third-order valence-corrected chi connectivity index (χ3v) is 2.76. The zero-order valence-electron chi connectivity index (χ0n) is 11.3. The first kappa shape index (κ1) is 14.0. The summed E-state index contributed by atoms with van der Waals surface area (Å²) in [4.78, 5) is 0. The third kappa shape index (κ3) is 4.38. The Kier molecular flexibility index (Phi) is 6.70. The van der Waals surface area contributed by atoms with Gasteiger partial charge in [0.2, 0.25) is 0 Å². The minimum atomic E-state index is 0.925. The highest BCUT2D eigenvalue weighted by atomic mass is 16.5. The Labute approximate surface area is 104 Å². The van der Waals surface area contributed by atoms with E-state index in [1.165, 1.54) is 12.1 Å². The highest BCUT2D eigenvalue weighted by molar-refractivity contribution is 5.25. The molecule has 0 saturated carbocycles. The van der Waals surface area contributed by atoms with E-state index in [0.29, 0.717) is 0 Å². The van der Waals surface area contributed by atoms with Crippen LogP contribution >= 0.6 is 0 Å². The summed E-state index contributed by atoms with van der Waals surface area (Å²) < 4.78 is 7.41. The Bertz CT molecular complexity index is 310. The monoisotopic (exact) mass is 239 g/mol. The molecule has 0 aliphatic carbocycles. The molecule has 0 fully saturated rings. The summed E-state index contributed by atoms with van der Waals surface area (Å²) in [6.45, 7) is 7.49. The van der Waals surface area contributed by atoms with Crippen molar-refractivity contribution in [3.8, 4) is 5.75 Å². The molecule has 0 amide bonds. The topological polar surface area (TPSA) is 39.1 Å². The molecule has 1 N–H and O–H groups in total. The summed E-state index contributed by atoms with van der Waals surface area (Å²) in [6, 6.07) is 0. The van der Waals surface area contributed by atoms with Crippen LogP contribution in [0.5, 0.6) is 5.75 Å². The van der Waals surface area contributed by atoms with Crippen molar-refractivity contribution in [1.82, 2.24) is 15.1 Å². The van der Waals surface area contributed by atoms with Gasteiger partial charge in [-0.15, -0.1) is 0 Å². The lowest BCUT2D eigenvalue weighted by Crippen LogP contribution is -2.17. The number of hydrogen-bond donors (Lipinski definition) is 1. The highest BCUT2D eigenvalue weighted by Crippen LogP contribution is 2.19. The van der Waals surface area contributed by atoms with E-state index < -0.39 is 0 Å². The van der Waals surface area contributed by atoms with Crippen molar-refractivity contribution in [2.45, 2.75) is 46.1 Å². The number of hydrogen-bond acceptors (Lipinski definition) is 3. The fourth-order valence-electron chi connectivity index (χ4n) is 1.90. The minimum absolute atomic E-state index is 0.925. The summed E-state index contributed by atoms with van der Waals surface area (Å²) in [5.41, 5.74) is 1.23. The van der Waals surface area contributed by atoms with Crippen molar-refractivity contribution in [2.24, 2.45) is 0 Å². The molecule has 0 bridgehead atoms. The van der Waals surface area contributed by atoms with Crippen LogP contribution in [0.15, 0.2) is 6.20 Å². The number of ether oxygens (including phenoxy) is 1. The molecule has 17 heavy (non-hydrogen) atoms. The number of nitrogens with zero attached hydrogens (tertiary/aromatic N) is 2. The zero-order chi connectivity index (χ0) is 12.5. The normalized spacial score (nSPS) is 10.8. The Morgan fingerprint density at radius 3 is 2.76 bits per heavy atom. The Morgan fingerprint density at radius 1 is 1.29 bits per heavy atom. The Hall–Kier alpha value is -1.03. The maximum absolute atomic E-state index is 5.35. The fourth-order valence-corrected chi connectivity index (χ4v) is 1.90. The number of rotatable bonds is 9. The predicted molar refractivity (Wildman–Crippen MR) is 70.6 cm³/mol. The first-order valence-corrected chi connectivity index (χ1v) is 6.62. The van der Waals surface area contributed by atoms with E-state index >= 15 is 0 Å². The van der Waals surface area contributed by atoms with Gasteiger partial charge in [-0.05, 0) is 38.8 Å². The fraction of sp³-hybridized carbons (Fsp3) is 0.769. The number of aromatic nitrogens is 2. The SMILES string of the molecule is CCCNCCCc1c(OC)cnn1CCC. The molecule has 0 aliphatic heterocycles. The first-order chi connectivity index (χ1) is 8.33. The van der Waals surface area contributed by atoms with Crippen molar-refractivity contribution >= 4 is 0 Å². The molecule has 1 aromatic rings. The largest absolute Gasteiger partial charge is 0.493 e. The van der Waals surface area contributed by atoms with Gasteiger partial charge in [-0.1, -0.05) is 13.8 Å². The van der Waals surface area contributed by atoms with Crippen molar-refractivity contribution < 1.29 is 4.74 Å². The van der Waals surface area contributed by atoms with Crippen LogP contribution in [-0.2, 0) is 13.0 Å². The van der Waals surface area contributed by atoms with Gasteiger partial charge >= 0.3 is 0 Å². The van der Waals surface area contributed by atoms with Crippen molar-refractivity contribution in [3.63, 3.8) is 0 Å². The lowest BCUT2D eigenvalue weighted by molar-refractivity contribution is 0.405. The van der Waals surface area contributed by atoms with E-state index in [-0.39, 0.29) is 0 Å². The van der Waals surface area contributed by atoms with E-state index in [4.69, 9.17) is 4.74 Å². The van der Waals surface area contributed by atoms with Crippen LogP contribution in [0.2, 0.25) is 0 Å². The lowest BCUT2D eigenvalue weighted by Gasteiger charge is -2.08. The van der Waals surface area contributed by atoms with Gasteiger partial charge in [0.15, 0.2) is 5.75 Å². The van der Waals surface area contributed by atoms with Gasteiger partial charge in [-0.3, -0.25) is 4.68 Å². The standard InChI is InChI=1S/C13H25N3O/c1-4-8-14-9-6-7-12-13(17-3)11-15-16(12)10-5-2/h11,14H,4-10H2,1-3H3. The molecule has 1 aromatic heterocycles. The zero-order valence-corrected chi connectivity index (χ0v) is 11.3. The number of methoxy groups -OCH3 is 1. The molecule has 0 unspecified atom stereocenters. The van der Waals surface area contributed by atoms with Crippen LogP contribution in [0.3, 0.4) is 0 Å². The lowest BCUT2D eigenvalue weighted by atomic mass is 10.2. The summed E-state index contributed by atoms with van der Waals surface area (Å²) >= 11 is 0. The molecule has 1 heterocycles. The molecule has 1 rings (SSSR count). The third-order valence-electron chi connectivity index (χ3n) is 2.76. The summed E-state index contributed by atoms with van der Waals surface area (Å²) in [7, 11) is 1.71. The van der Waals surface area contributed by atoms with Crippen LogP contribution in [0.1, 0.15) is 38.8 Å². The van der Waals surface area contributed by atoms with E-state index in [9.17, 15) is 0 Å². The van der Waals surface area contributed by atoms with Gasteiger partial charge < -0.3 is 10.1 Å². The average molecular weight is 239 g/mol. The van der Waals surface area contributed by atoms with Crippen LogP contribution in [0.25, 0.3) is 0 Å². The van der Waals surface area contributed by atoms with Gasteiger partial charge in [-0.25, -0.2) is 0 Å². The molecule has 4 nitrogen and oxygen atoms in total. The van der Waals surface area contributed by atoms with Crippen LogP contribution in [-0.4, -0.2) is 30.0 Å². The average Bonchev–Trinajstić information content (AvgIpc) is 2.72. The molecule has 0 saturated heterocycles. The summed E-state index contributed by atoms with van der Waals surface area (Å²) in [5, 5.41) is 7.78. The number of nitrogens with one attached hydrogen (secondary N) is 1. The van der Waals surface area contributed by atoms with Gasteiger partial charge in [0.25, 0.3) is 0 Å². The summed E-state index contributed by atoms with van der Waals surface area (Å²) in [6.07, 6.45) is 6.28. The van der Waals surface area contributed by atoms with Crippen molar-refractivity contribution in [2.75, 3.05) is 20.2 Å². The van der Waals surface area contributed by atoms with Crippen LogP contribution in [0, 0.1) is 0 Å². The number of aryl methyl sites for hydroxylation is 1. The summed E-state index contributed by atoms with van der Waals surface area (Å²) in [5.74, 6) is 0.925. The van der Waals surface area contributed by atoms with E-state index in [1.54, 1.807) is 7.11 Å². The molecule has 4 heteroatoms. The van der Waals surface area contributed by atoms with Gasteiger partial charge in [0.05, 0.1) is 19.0 Å². The second kappa shape index (κ2) is 8.12. The molecule has 0 aliphatic rings. The molecule has 0 spiro atoms. The first-order valence-electron chi connectivity index (χ1n) is 6.62. The van der Waals surface area contributed by atoms with Crippen LogP contribution < -0.4 is 10.1 Å². The van der Waals surface area contributed by atoms with Gasteiger partial charge in [0.1, 0.15) is 0 Å².